The molecule has 0 spiro atoms. The minimum Gasteiger partial charge on any atom is -0.0830 e. The van der Waals surface area contributed by atoms with Crippen LogP contribution in [0.4, 0.5) is 0 Å². The molecule has 0 bridgehead atoms. The van der Waals surface area contributed by atoms with Crippen molar-refractivity contribution < 1.29 is 0 Å². The highest BCUT2D eigenvalue weighted by molar-refractivity contribution is 9.13. The lowest BCUT2D eigenvalue weighted by atomic mass is 10.1. The van der Waals surface area contributed by atoms with Crippen molar-refractivity contribution in [3.05, 3.63) is 36.5 Å². The van der Waals surface area contributed by atoms with Crippen molar-refractivity contribution in [2.75, 3.05) is 0 Å². The average molecular weight is 636 g/mol. The Hall–Kier alpha value is 2.10. The Kier molecular flexibility index (Phi) is 9.26. The standard InChI is InChI=1S/C12H12Br6/c13-7-1-2-8(14)10(16)5-6-12(18)11(17)4-3-9(7)15/h1-12H/b2-1+,4-3+,6-5+. The second kappa shape index (κ2) is 9.19. The SMILES string of the molecule is BrC1/C=C/C(Br)C(Br)/C=C/C(Br)C(Br)/C=C/C1Br. The van der Waals surface area contributed by atoms with E-state index >= 15 is 0 Å². The van der Waals surface area contributed by atoms with E-state index in [9.17, 15) is 0 Å². The third kappa shape index (κ3) is 6.25. The first-order valence-corrected chi connectivity index (χ1v) is 10.8. The van der Waals surface area contributed by atoms with Crippen LogP contribution in [0.3, 0.4) is 0 Å². The fraction of sp³-hybridized carbons (Fsp3) is 0.500. The lowest BCUT2D eigenvalue weighted by Crippen LogP contribution is -2.16. The van der Waals surface area contributed by atoms with Crippen LogP contribution in [0, 0.1) is 0 Å². The number of alkyl halides is 6. The Bertz CT molecular complexity index is 255. The Balaban J connectivity index is 2.94. The Morgan fingerprint density at radius 2 is 0.444 bits per heavy atom. The van der Waals surface area contributed by atoms with E-state index in [4.69, 9.17) is 0 Å². The molecule has 0 fully saturated rings. The molecule has 6 heteroatoms. The summed E-state index contributed by atoms with van der Waals surface area (Å²) in [5.74, 6) is 0. The molecule has 0 aliphatic heterocycles. The average Bonchev–Trinajstić information content (AvgIpc) is 2.36. The summed E-state index contributed by atoms with van der Waals surface area (Å²) < 4.78 is 0. The lowest BCUT2D eigenvalue weighted by molar-refractivity contribution is 1.04. The highest BCUT2D eigenvalue weighted by Crippen LogP contribution is 2.25. The van der Waals surface area contributed by atoms with E-state index in [2.05, 4.69) is 132 Å². The highest BCUT2D eigenvalue weighted by atomic mass is 79.9. The van der Waals surface area contributed by atoms with Gasteiger partial charge in [0.25, 0.3) is 0 Å². The number of rotatable bonds is 0. The first-order chi connectivity index (χ1) is 8.41. The largest absolute Gasteiger partial charge is 0.0830 e. The molecule has 0 aromatic rings. The molecule has 0 nitrogen and oxygen atoms in total. The fourth-order valence-corrected chi connectivity index (χ4v) is 3.39. The summed E-state index contributed by atoms with van der Waals surface area (Å²) in [6.07, 6.45) is 12.9. The molecular formula is C12H12Br6. The topological polar surface area (TPSA) is 0 Å². The van der Waals surface area contributed by atoms with Gasteiger partial charge in [-0.1, -0.05) is 132 Å². The van der Waals surface area contributed by atoms with Crippen LogP contribution in [0.25, 0.3) is 0 Å². The molecule has 1 aliphatic carbocycles. The van der Waals surface area contributed by atoms with Crippen molar-refractivity contribution in [2.45, 2.75) is 29.0 Å². The maximum atomic E-state index is 3.66. The zero-order chi connectivity index (χ0) is 13.7. The minimum atomic E-state index is 0.269. The third-order valence-corrected chi connectivity index (χ3v) is 9.73. The lowest BCUT2D eigenvalue weighted by Gasteiger charge is -2.16. The van der Waals surface area contributed by atoms with Crippen LogP contribution in [0.2, 0.25) is 0 Å². The summed E-state index contributed by atoms with van der Waals surface area (Å²) in [5.41, 5.74) is 0. The van der Waals surface area contributed by atoms with E-state index in [1.165, 1.54) is 0 Å². The van der Waals surface area contributed by atoms with E-state index < -0.39 is 0 Å². The van der Waals surface area contributed by atoms with Crippen molar-refractivity contribution in [2.24, 2.45) is 0 Å². The number of halogens is 6. The molecule has 0 saturated carbocycles. The zero-order valence-corrected chi connectivity index (χ0v) is 18.7. The van der Waals surface area contributed by atoms with Gasteiger partial charge in [0.1, 0.15) is 0 Å². The van der Waals surface area contributed by atoms with Crippen LogP contribution in [-0.4, -0.2) is 29.0 Å². The third-order valence-electron chi connectivity index (χ3n) is 2.35. The minimum absolute atomic E-state index is 0.269. The molecule has 6 atom stereocenters. The van der Waals surface area contributed by atoms with Crippen LogP contribution in [0.15, 0.2) is 36.5 Å². The van der Waals surface area contributed by atoms with Gasteiger partial charge in [-0.15, -0.1) is 0 Å². The quantitative estimate of drug-likeness (QED) is 0.218. The molecule has 0 radical (unpaired) electrons. The summed E-state index contributed by atoms with van der Waals surface area (Å²) in [5, 5.41) is 0. The second-order valence-corrected chi connectivity index (χ2v) is 10.2. The second-order valence-electron chi connectivity index (χ2n) is 3.82. The highest BCUT2D eigenvalue weighted by Gasteiger charge is 2.17. The molecule has 18 heavy (non-hydrogen) atoms. The molecular weight excluding hydrogens is 624 g/mol. The number of hydrogen-bond donors (Lipinski definition) is 0. The molecule has 0 aromatic heterocycles. The predicted molar refractivity (Wildman–Crippen MR) is 104 cm³/mol. The van der Waals surface area contributed by atoms with E-state index in [0.717, 1.165) is 0 Å². The van der Waals surface area contributed by atoms with Crippen molar-refractivity contribution in [1.29, 1.82) is 0 Å². The van der Waals surface area contributed by atoms with Crippen LogP contribution >= 0.6 is 95.6 Å². The molecule has 102 valence electrons. The Morgan fingerprint density at radius 3 is 0.556 bits per heavy atom. The molecule has 1 aliphatic rings. The summed E-state index contributed by atoms with van der Waals surface area (Å²) in [6, 6.07) is 0. The normalized spacial score (nSPS) is 47.7. The number of allylic oxidation sites excluding steroid dienone is 6. The van der Waals surface area contributed by atoms with Crippen molar-refractivity contribution >= 4 is 95.6 Å². The summed E-state index contributed by atoms with van der Waals surface area (Å²) in [7, 11) is 0. The van der Waals surface area contributed by atoms with Gasteiger partial charge in [-0.25, -0.2) is 0 Å². The Morgan fingerprint density at radius 1 is 0.333 bits per heavy atom. The van der Waals surface area contributed by atoms with Crippen LogP contribution in [0.5, 0.6) is 0 Å². The van der Waals surface area contributed by atoms with Crippen LogP contribution < -0.4 is 0 Å². The van der Waals surface area contributed by atoms with Gasteiger partial charge in [-0.2, -0.15) is 0 Å². The van der Waals surface area contributed by atoms with Crippen LogP contribution in [0.1, 0.15) is 0 Å². The first kappa shape index (κ1) is 18.1. The fourth-order valence-electron chi connectivity index (χ4n) is 1.27. The molecule has 6 unspecified atom stereocenters. The van der Waals surface area contributed by atoms with Crippen molar-refractivity contribution in [1.82, 2.24) is 0 Å². The van der Waals surface area contributed by atoms with Gasteiger partial charge < -0.3 is 0 Å². The van der Waals surface area contributed by atoms with E-state index in [0.29, 0.717) is 0 Å². The van der Waals surface area contributed by atoms with Crippen molar-refractivity contribution in [3.63, 3.8) is 0 Å². The number of hydrogen-bond acceptors (Lipinski definition) is 0. The molecule has 0 aromatic carbocycles. The molecule has 0 saturated heterocycles. The molecule has 1 rings (SSSR count). The van der Waals surface area contributed by atoms with Gasteiger partial charge in [0, 0.05) is 29.0 Å². The maximum Gasteiger partial charge on any atom is 0.0486 e. The molecule has 0 amide bonds. The predicted octanol–water partition coefficient (Wildman–Crippen LogP) is 6.25. The monoisotopic (exact) mass is 630 g/mol. The van der Waals surface area contributed by atoms with Gasteiger partial charge in [0.2, 0.25) is 0 Å². The maximum absolute atomic E-state index is 3.66. The molecule has 0 heterocycles. The van der Waals surface area contributed by atoms with Crippen molar-refractivity contribution in [3.8, 4) is 0 Å². The zero-order valence-electron chi connectivity index (χ0n) is 9.20. The van der Waals surface area contributed by atoms with Gasteiger partial charge >= 0.3 is 0 Å². The first-order valence-electron chi connectivity index (χ1n) is 5.31. The Labute approximate surface area is 159 Å². The van der Waals surface area contributed by atoms with Gasteiger partial charge in [0.15, 0.2) is 0 Å². The molecule has 0 N–H and O–H groups in total. The van der Waals surface area contributed by atoms with E-state index in [-0.39, 0.29) is 29.0 Å². The van der Waals surface area contributed by atoms with E-state index in [1.54, 1.807) is 0 Å². The van der Waals surface area contributed by atoms with Gasteiger partial charge in [-0.3, -0.25) is 0 Å². The smallest absolute Gasteiger partial charge is 0.0486 e. The van der Waals surface area contributed by atoms with Gasteiger partial charge in [0.05, 0.1) is 0 Å². The summed E-state index contributed by atoms with van der Waals surface area (Å²) in [6.45, 7) is 0. The summed E-state index contributed by atoms with van der Waals surface area (Å²) >= 11 is 22.0. The van der Waals surface area contributed by atoms with Gasteiger partial charge in [-0.05, 0) is 0 Å². The summed E-state index contributed by atoms with van der Waals surface area (Å²) in [4.78, 5) is 1.61. The van der Waals surface area contributed by atoms with Crippen LogP contribution in [-0.2, 0) is 0 Å². The van der Waals surface area contributed by atoms with E-state index in [1.807, 2.05) is 0 Å².